The molecule has 0 saturated carbocycles. The summed E-state index contributed by atoms with van der Waals surface area (Å²) in [5, 5.41) is 23.5. The van der Waals surface area contributed by atoms with Gasteiger partial charge < -0.3 is 9.67 Å². The van der Waals surface area contributed by atoms with Gasteiger partial charge in [0.2, 0.25) is 0 Å². The number of β-amino-alcohol motifs (C(OH)–C–C–N with tert-alkyl or cyclic N) is 1. The molecule has 0 spiro atoms. The number of nitrogens with zero attached hydrogens (tertiary/aromatic N) is 6. The number of likely N-dealkylation sites (tertiary alicyclic amines) is 1. The highest BCUT2D eigenvalue weighted by Crippen LogP contribution is 2.26. The van der Waals surface area contributed by atoms with Crippen molar-refractivity contribution in [2.75, 3.05) is 13.1 Å². The molecule has 1 aliphatic rings. The van der Waals surface area contributed by atoms with Crippen LogP contribution < -0.4 is 0 Å². The molecular formula is C17H22N6O. The van der Waals surface area contributed by atoms with E-state index >= 15 is 0 Å². The summed E-state index contributed by atoms with van der Waals surface area (Å²) < 4.78 is 3.77. The van der Waals surface area contributed by atoms with Gasteiger partial charge in [0.25, 0.3) is 0 Å². The minimum absolute atomic E-state index is 0.536. The van der Waals surface area contributed by atoms with Crippen molar-refractivity contribution < 1.29 is 5.11 Å². The lowest BCUT2D eigenvalue weighted by Gasteiger charge is -2.39. The van der Waals surface area contributed by atoms with E-state index in [1.54, 1.807) is 6.33 Å². The maximum absolute atomic E-state index is 11.0. The zero-order valence-electron chi connectivity index (χ0n) is 13.8. The number of hydrogen-bond acceptors (Lipinski definition) is 5. The van der Waals surface area contributed by atoms with Crippen LogP contribution in [0.3, 0.4) is 0 Å². The molecule has 4 heterocycles. The number of aliphatic hydroxyl groups is 1. The van der Waals surface area contributed by atoms with Gasteiger partial charge >= 0.3 is 0 Å². The maximum Gasteiger partial charge on any atom is 0.135 e. The van der Waals surface area contributed by atoms with Crippen LogP contribution in [-0.4, -0.2) is 53.1 Å². The van der Waals surface area contributed by atoms with E-state index in [0.29, 0.717) is 13.0 Å². The van der Waals surface area contributed by atoms with Crippen molar-refractivity contribution in [3.63, 3.8) is 0 Å². The van der Waals surface area contributed by atoms with E-state index in [1.165, 1.54) is 5.56 Å². The van der Waals surface area contributed by atoms with Gasteiger partial charge in [0.1, 0.15) is 12.2 Å². The Hall–Kier alpha value is -2.25. The Morgan fingerprint density at radius 3 is 3.08 bits per heavy atom. The highest BCUT2D eigenvalue weighted by atomic mass is 16.3. The van der Waals surface area contributed by atoms with Crippen LogP contribution in [0.4, 0.5) is 0 Å². The summed E-state index contributed by atoms with van der Waals surface area (Å²) in [6.07, 6.45) is 7.87. The first-order chi connectivity index (χ1) is 11.6. The van der Waals surface area contributed by atoms with Gasteiger partial charge in [-0.1, -0.05) is 6.07 Å². The lowest BCUT2D eigenvalue weighted by molar-refractivity contribution is -0.0343. The molecule has 1 unspecified atom stereocenters. The minimum Gasteiger partial charge on any atom is -0.388 e. The van der Waals surface area contributed by atoms with Crippen molar-refractivity contribution in [3.8, 4) is 0 Å². The van der Waals surface area contributed by atoms with Gasteiger partial charge in [-0.25, -0.2) is 4.52 Å². The Labute approximate surface area is 140 Å². The number of rotatable bonds is 4. The maximum atomic E-state index is 11.0. The number of pyridine rings is 1. The Balaban J connectivity index is 1.49. The van der Waals surface area contributed by atoms with E-state index in [4.69, 9.17) is 0 Å². The fraction of sp³-hybridized carbons (Fsp3) is 0.471. The minimum atomic E-state index is -0.748. The van der Waals surface area contributed by atoms with Gasteiger partial charge in [0, 0.05) is 38.3 Å². The topological polar surface area (TPSA) is 71.5 Å². The van der Waals surface area contributed by atoms with E-state index in [9.17, 15) is 5.11 Å². The molecule has 24 heavy (non-hydrogen) atoms. The number of hydrogen-bond donors (Lipinski definition) is 1. The first-order valence-corrected chi connectivity index (χ1v) is 8.32. The van der Waals surface area contributed by atoms with Crippen LogP contribution >= 0.6 is 0 Å². The van der Waals surface area contributed by atoms with E-state index in [0.717, 1.165) is 37.3 Å². The Morgan fingerprint density at radius 1 is 1.33 bits per heavy atom. The van der Waals surface area contributed by atoms with Crippen LogP contribution in [0.15, 0.2) is 36.9 Å². The van der Waals surface area contributed by atoms with Crippen LogP contribution in [-0.2, 0) is 20.0 Å². The highest BCUT2D eigenvalue weighted by molar-refractivity contribution is 5.53. The molecule has 0 amide bonds. The highest BCUT2D eigenvalue weighted by Gasteiger charge is 2.34. The second-order valence-electron chi connectivity index (χ2n) is 6.77. The normalized spacial score (nSPS) is 22.2. The third-order valence-corrected chi connectivity index (χ3v) is 4.83. The lowest BCUT2D eigenvalue weighted by Crippen LogP contribution is -2.49. The van der Waals surface area contributed by atoms with Gasteiger partial charge in [0.05, 0.1) is 17.3 Å². The molecule has 7 nitrogen and oxygen atoms in total. The van der Waals surface area contributed by atoms with Gasteiger partial charge in [-0.15, -0.1) is 10.2 Å². The fourth-order valence-electron chi connectivity index (χ4n) is 3.60. The van der Waals surface area contributed by atoms with Gasteiger partial charge in [-0.05, 0) is 31.5 Å². The Bertz CT molecular complexity index is 840. The third-order valence-electron chi connectivity index (χ3n) is 4.83. The van der Waals surface area contributed by atoms with Crippen molar-refractivity contribution >= 4 is 5.52 Å². The van der Waals surface area contributed by atoms with Crippen molar-refractivity contribution in [1.82, 2.24) is 29.3 Å². The van der Waals surface area contributed by atoms with Gasteiger partial charge in [0.15, 0.2) is 0 Å². The quantitative estimate of drug-likeness (QED) is 0.775. The first kappa shape index (κ1) is 15.3. The first-order valence-electron chi connectivity index (χ1n) is 8.32. The molecule has 1 N–H and O–H groups in total. The molecule has 3 aromatic rings. The molecule has 1 atom stereocenters. The second kappa shape index (κ2) is 5.99. The monoisotopic (exact) mass is 326 g/mol. The van der Waals surface area contributed by atoms with Gasteiger partial charge in [-0.2, -0.15) is 5.10 Å². The van der Waals surface area contributed by atoms with Crippen LogP contribution in [0, 0.1) is 0 Å². The number of fused-ring (bicyclic) bond motifs is 1. The number of aromatic nitrogens is 5. The van der Waals surface area contributed by atoms with E-state index in [2.05, 4.69) is 26.3 Å². The molecular weight excluding hydrogens is 304 g/mol. The molecule has 7 heteroatoms. The lowest BCUT2D eigenvalue weighted by atomic mass is 9.89. The van der Waals surface area contributed by atoms with Crippen molar-refractivity contribution in [2.24, 2.45) is 7.05 Å². The van der Waals surface area contributed by atoms with Crippen molar-refractivity contribution in [3.05, 3.63) is 48.3 Å². The summed E-state index contributed by atoms with van der Waals surface area (Å²) in [5.41, 5.74) is 1.57. The van der Waals surface area contributed by atoms with Crippen LogP contribution in [0.1, 0.15) is 24.2 Å². The van der Waals surface area contributed by atoms with Crippen molar-refractivity contribution in [2.45, 2.75) is 31.4 Å². The van der Waals surface area contributed by atoms with Crippen molar-refractivity contribution in [1.29, 1.82) is 0 Å². The Kier molecular flexibility index (Phi) is 3.82. The summed E-state index contributed by atoms with van der Waals surface area (Å²) in [4.78, 5) is 2.31. The number of aryl methyl sites for hydroxylation is 1. The van der Waals surface area contributed by atoms with Gasteiger partial charge in [-0.3, -0.25) is 4.90 Å². The average molecular weight is 326 g/mol. The molecule has 4 rings (SSSR count). The predicted octanol–water partition coefficient (Wildman–Crippen LogP) is 1.03. The zero-order chi connectivity index (χ0) is 16.6. The van der Waals surface area contributed by atoms with E-state index < -0.39 is 5.60 Å². The molecule has 126 valence electrons. The third kappa shape index (κ3) is 2.92. The van der Waals surface area contributed by atoms with E-state index in [-0.39, 0.29) is 0 Å². The molecule has 1 saturated heterocycles. The van der Waals surface area contributed by atoms with Crippen LogP contribution in [0.25, 0.3) is 5.52 Å². The molecule has 1 fully saturated rings. The summed E-state index contributed by atoms with van der Waals surface area (Å²) in [6.45, 7) is 2.43. The second-order valence-corrected chi connectivity index (χ2v) is 6.77. The summed E-state index contributed by atoms with van der Waals surface area (Å²) in [6, 6.07) is 6.09. The summed E-state index contributed by atoms with van der Waals surface area (Å²) in [7, 11) is 1.91. The zero-order valence-corrected chi connectivity index (χ0v) is 13.8. The number of piperidine rings is 1. The van der Waals surface area contributed by atoms with Crippen LogP contribution in [0.2, 0.25) is 0 Å². The molecule has 0 bridgehead atoms. The largest absolute Gasteiger partial charge is 0.388 e. The summed E-state index contributed by atoms with van der Waals surface area (Å²) >= 11 is 0. The molecule has 0 aliphatic carbocycles. The standard InChI is InChI=1S/C17H22N6O/c1-21-13-18-20-16(21)9-17(24)6-4-7-22(12-17)11-14-10-19-23-8-3-2-5-15(14)23/h2-3,5,8,10,13,24H,4,6-7,9,11-12H2,1H3. The summed E-state index contributed by atoms with van der Waals surface area (Å²) in [5.74, 6) is 0.829. The fourth-order valence-corrected chi connectivity index (χ4v) is 3.60. The molecule has 0 aromatic carbocycles. The molecule has 0 radical (unpaired) electrons. The smallest absolute Gasteiger partial charge is 0.135 e. The average Bonchev–Trinajstić information content (AvgIpc) is 3.15. The van der Waals surface area contributed by atoms with Crippen LogP contribution in [0.5, 0.6) is 0 Å². The Morgan fingerprint density at radius 2 is 2.25 bits per heavy atom. The SMILES string of the molecule is Cn1cnnc1CC1(O)CCCN(Cc2cnn3ccccc23)C1. The molecule has 1 aliphatic heterocycles. The molecule has 3 aromatic heterocycles. The predicted molar refractivity (Wildman–Crippen MR) is 89.4 cm³/mol. The van der Waals surface area contributed by atoms with E-state index in [1.807, 2.05) is 40.7 Å².